The molecule has 3 heteroatoms. The lowest BCUT2D eigenvalue weighted by atomic mass is 10.3. The summed E-state index contributed by atoms with van der Waals surface area (Å²) < 4.78 is 2.02. The van der Waals surface area contributed by atoms with E-state index in [1.165, 1.54) is 16.8 Å². The SMILES string of the molecule is CC1c2cccc(N(P)P)c21. The van der Waals surface area contributed by atoms with Gasteiger partial charge in [0.2, 0.25) is 0 Å². The Morgan fingerprint density at radius 3 is 2.64 bits per heavy atom. The molecule has 0 heterocycles. The van der Waals surface area contributed by atoms with Crippen LogP contribution in [0.5, 0.6) is 0 Å². The highest BCUT2D eigenvalue weighted by Crippen LogP contribution is 2.49. The zero-order chi connectivity index (χ0) is 8.01. The molecule has 1 aliphatic rings. The van der Waals surface area contributed by atoms with E-state index >= 15 is 0 Å². The molecule has 0 aromatic heterocycles. The van der Waals surface area contributed by atoms with Crippen LogP contribution in [0, 0.1) is 0 Å². The van der Waals surface area contributed by atoms with Crippen LogP contribution in [0.25, 0.3) is 0 Å². The number of benzene rings is 1. The van der Waals surface area contributed by atoms with E-state index in [1.807, 2.05) is 4.44 Å². The zero-order valence-electron chi connectivity index (χ0n) is 6.41. The van der Waals surface area contributed by atoms with Crippen LogP contribution in [0.1, 0.15) is 24.0 Å². The summed E-state index contributed by atoms with van der Waals surface area (Å²) in [5.41, 5.74) is 4.31. The molecule has 0 N–H and O–H groups in total. The van der Waals surface area contributed by atoms with Gasteiger partial charge in [-0.2, -0.15) is 0 Å². The first-order valence-electron chi connectivity index (χ1n) is 3.64. The highest BCUT2D eigenvalue weighted by Gasteiger charge is 2.31. The van der Waals surface area contributed by atoms with Gasteiger partial charge in [-0.05, 0) is 36.0 Å². The summed E-state index contributed by atoms with van der Waals surface area (Å²) in [7, 11) is 5.30. The van der Waals surface area contributed by atoms with E-state index in [1.54, 1.807) is 0 Å². The third-order valence-corrected chi connectivity index (χ3v) is 2.77. The van der Waals surface area contributed by atoms with Crippen molar-refractivity contribution in [2.45, 2.75) is 12.8 Å². The van der Waals surface area contributed by atoms with E-state index in [0.29, 0.717) is 5.92 Å². The molecule has 0 fully saturated rings. The van der Waals surface area contributed by atoms with Gasteiger partial charge in [-0.3, -0.25) is 0 Å². The molecular formula is C8H11NP2. The topological polar surface area (TPSA) is 3.24 Å². The second-order valence-corrected chi connectivity index (χ2v) is 4.62. The third kappa shape index (κ3) is 1.08. The van der Waals surface area contributed by atoms with Crippen molar-refractivity contribution < 1.29 is 0 Å². The van der Waals surface area contributed by atoms with Crippen LogP contribution < -0.4 is 4.44 Å². The van der Waals surface area contributed by atoms with E-state index in [4.69, 9.17) is 0 Å². The Labute approximate surface area is 71.7 Å². The van der Waals surface area contributed by atoms with Gasteiger partial charge in [0.15, 0.2) is 0 Å². The monoisotopic (exact) mass is 183 g/mol. The fraction of sp³-hybridized carbons (Fsp3) is 0.250. The molecule has 1 nitrogen and oxygen atoms in total. The van der Waals surface area contributed by atoms with Crippen molar-refractivity contribution in [1.29, 1.82) is 0 Å². The lowest BCUT2D eigenvalue weighted by Gasteiger charge is -2.10. The van der Waals surface area contributed by atoms with E-state index in [-0.39, 0.29) is 0 Å². The van der Waals surface area contributed by atoms with Crippen molar-refractivity contribution in [1.82, 2.24) is 0 Å². The molecule has 1 aliphatic carbocycles. The van der Waals surface area contributed by atoms with Gasteiger partial charge in [0.05, 0.1) is 0 Å². The number of fused-ring (bicyclic) bond motifs is 1. The molecule has 0 saturated carbocycles. The Kier molecular flexibility index (Phi) is 1.67. The maximum absolute atomic E-state index is 2.65. The first-order valence-corrected chi connectivity index (χ1v) is 4.67. The summed E-state index contributed by atoms with van der Waals surface area (Å²) in [5.74, 6) is 0.684. The Bertz CT molecular complexity index is 296. The van der Waals surface area contributed by atoms with Crippen LogP contribution in [0.2, 0.25) is 0 Å². The molecule has 58 valence electrons. The zero-order valence-corrected chi connectivity index (χ0v) is 8.72. The van der Waals surface area contributed by atoms with E-state index in [0.717, 1.165) is 0 Å². The van der Waals surface area contributed by atoms with Crippen LogP contribution >= 0.6 is 18.8 Å². The lowest BCUT2D eigenvalue weighted by molar-refractivity contribution is 1.14. The summed E-state index contributed by atoms with van der Waals surface area (Å²) in [4.78, 5) is 0. The highest BCUT2D eigenvalue weighted by molar-refractivity contribution is 7.39. The highest BCUT2D eigenvalue weighted by atomic mass is 31.1. The fourth-order valence-electron chi connectivity index (χ4n) is 1.52. The Morgan fingerprint density at radius 2 is 2.09 bits per heavy atom. The van der Waals surface area contributed by atoms with Gasteiger partial charge in [-0.25, -0.2) is 0 Å². The third-order valence-electron chi connectivity index (χ3n) is 2.21. The summed E-state index contributed by atoms with van der Waals surface area (Å²) in [6, 6.07) is 6.45. The van der Waals surface area contributed by atoms with Crippen molar-refractivity contribution in [2.75, 3.05) is 4.44 Å². The number of rotatable bonds is 1. The van der Waals surface area contributed by atoms with E-state index in [9.17, 15) is 0 Å². The van der Waals surface area contributed by atoms with Crippen molar-refractivity contribution in [2.24, 2.45) is 0 Å². The molecular weight excluding hydrogens is 172 g/mol. The number of hydrogen-bond donors (Lipinski definition) is 0. The summed E-state index contributed by atoms with van der Waals surface area (Å²) in [5, 5.41) is 0. The van der Waals surface area contributed by atoms with Gasteiger partial charge in [-0.1, -0.05) is 19.1 Å². The van der Waals surface area contributed by atoms with Crippen LogP contribution in [-0.2, 0) is 0 Å². The number of anilines is 1. The fourth-order valence-corrected chi connectivity index (χ4v) is 1.97. The lowest BCUT2D eigenvalue weighted by Crippen LogP contribution is -1.88. The minimum absolute atomic E-state index is 0.684. The smallest absolute Gasteiger partial charge is 0.0464 e. The molecule has 0 spiro atoms. The predicted octanol–water partition coefficient (Wildman–Crippen LogP) is 2.54. The molecule has 0 bridgehead atoms. The van der Waals surface area contributed by atoms with Gasteiger partial charge in [0, 0.05) is 11.6 Å². The Morgan fingerprint density at radius 1 is 1.36 bits per heavy atom. The summed E-state index contributed by atoms with van der Waals surface area (Å²) in [6.07, 6.45) is 0. The molecule has 11 heavy (non-hydrogen) atoms. The van der Waals surface area contributed by atoms with Crippen molar-refractivity contribution in [3.05, 3.63) is 29.3 Å². The van der Waals surface area contributed by atoms with Crippen molar-refractivity contribution in [3.63, 3.8) is 0 Å². The van der Waals surface area contributed by atoms with Gasteiger partial charge in [0.25, 0.3) is 0 Å². The average Bonchev–Trinajstić information content (AvgIpc) is 2.63. The number of hydrogen-bond acceptors (Lipinski definition) is 1. The molecule has 1 aromatic rings. The Hall–Kier alpha value is -0.120. The molecule has 0 radical (unpaired) electrons. The first-order chi connectivity index (χ1) is 5.22. The van der Waals surface area contributed by atoms with Gasteiger partial charge in [0.1, 0.15) is 0 Å². The maximum atomic E-state index is 2.65. The van der Waals surface area contributed by atoms with E-state index in [2.05, 4.69) is 43.9 Å². The Balaban J connectivity index is 2.46. The number of nitrogens with zero attached hydrogens (tertiary/aromatic N) is 1. The van der Waals surface area contributed by atoms with Crippen LogP contribution in [0.3, 0.4) is 0 Å². The molecule has 0 aliphatic heterocycles. The van der Waals surface area contributed by atoms with Gasteiger partial charge >= 0.3 is 0 Å². The normalized spacial score (nSPS) is 19.4. The quantitative estimate of drug-likeness (QED) is 0.604. The second-order valence-electron chi connectivity index (χ2n) is 2.91. The van der Waals surface area contributed by atoms with E-state index < -0.39 is 0 Å². The van der Waals surface area contributed by atoms with Crippen LogP contribution in [0.4, 0.5) is 5.69 Å². The standard InChI is InChI=1S/C8H11NP2/c1-5-6-3-2-4-7(8(5)6)9(10)11/h2-5H,10-11H2,1H3. The predicted molar refractivity (Wildman–Crippen MR) is 55.9 cm³/mol. The van der Waals surface area contributed by atoms with Crippen molar-refractivity contribution in [3.8, 4) is 0 Å². The molecule has 2 rings (SSSR count). The van der Waals surface area contributed by atoms with Crippen molar-refractivity contribution >= 4 is 24.5 Å². The maximum Gasteiger partial charge on any atom is 0.0464 e. The van der Waals surface area contributed by atoms with Crippen LogP contribution in [0.15, 0.2) is 18.2 Å². The van der Waals surface area contributed by atoms with Gasteiger partial charge in [-0.15, -0.1) is 0 Å². The van der Waals surface area contributed by atoms with Gasteiger partial charge < -0.3 is 4.44 Å². The van der Waals surface area contributed by atoms with Crippen LogP contribution in [-0.4, -0.2) is 0 Å². The average molecular weight is 183 g/mol. The summed E-state index contributed by atoms with van der Waals surface area (Å²) in [6.45, 7) is 2.24. The molecule has 0 saturated heterocycles. The minimum atomic E-state index is 0.684. The first kappa shape index (κ1) is 7.53. The minimum Gasteiger partial charge on any atom is -0.341 e. The molecule has 1 aromatic carbocycles. The largest absolute Gasteiger partial charge is 0.341 e. The molecule has 3 atom stereocenters. The molecule has 3 unspecified atom stereocenters. The summed E-state index contributed by atoms with van der Waals surface area (Å²) >= 11 is 0. The second kappa shape index (κ2) is 2.44. The molecule has 0 amide bonds.